The molecule has 1 aromatic carbocycles. The monoisotopic (exact) mass is 464 g/mol. The summed E-state index contributed by atoms with van der Waals surface area (Å²) in [6, 6.07) is 9.75. The van der Waals surface area contributed by atoms with Gasteiger partial charge in [-0.25, -0.2) is 14.1 Å². The summed E-state index contributed by atoms with van der Waals surface area (Å²) in [5, 5.41) is 11.7. The number of carbonyl (C=O) groups excluding carboxylic acids is 1. The number of benzene rings is 1. The summed E-state index contributed by atoms with van der Waals surface area (Å²) in [4.78, 5) is 16.7. The second-order valence-corrected chi connectivity index (χ2v) is 8.60. The number of carbonyl (C=O) groups is 1. The van der Waals surface area contributed by atoms with Crippen molar-refractivity contribution in [3.05, 3.63) is 82.6 Å². The van der Waals surface area contributed by atoms with Crippen LogP contribution in [0.3, 0.4) is 0 Å². The van der Waals surface area contributed by atoms with Gasteiger partial charge in [0.2, 0.25) is 0 Å². The van der Waals surface area contributed by atoms with Gasteiger partial charge in [0.15, 0.2) is 11.5 Å². The van der Waals surface area contributed by atoms with Gasteiger partial charge in [-0.2, -0.15) is 0 Å². The predicted molar refractivity (Wildman–Crippen MR) is 119 cm³/mol. The Balaban J connectivity index is 1.14. The van der Waals surface area contributed by atoms with E-state index in [1.165, 1.54) is 35.2 Å². The highest BCUT2D eigenvalue weighted by atomic mass is 35.5. The number of pyridine rings is 1. The van der Waals surface area contributed by atoms with Gasteiger partial charge in [0.25, 0.3) is 5.91 Å². The van der Waals surface area contributed by atoms with Crippen molar-refractivity contribution in [3.63, 3.8) is 0 Å². The molecule has 10 heteroatoms. The van der Waals surface area contributed by atoms with Crippen LogP contribution in [0.4, 0.5) is 4.39 Å². The minimum atomic E-state index is -0.582. The minimum Gasteiger partial charge on any atom is -0.459 e. The molecule has 1 aliphatic rings. The minimum absolute atomic E-state index is 0.00660. The SMILES string of the molecule is O=C(NCc1ncn2ccc(Cl)c(F)c12)c1cn(Cc2cc3ccc(C4CC4)cc3o2)nn1. The summed E-state index contributed by atoms with van der Waals surface area (Å²) in [7, 11) is 0. The summed E-state index contributed by atoms with van der Waals surface area (Å²) in [5.41, 5.74) is 2.90. The van der Waals surface area contributed by atoms with Crippen LogP contribution >= 0.6 is 11.6 Å². The molecule has 1 fully saturated rings. The van der Waals surface area contributed by atoms with Crippen molar-refractivity contribution in [1.29, 1.82) is 0 Å². The largest absolute Gasteiger partial charge is 0.459 e. The van der Waals surface area contributed by atoms with Crippen LogP contribution in [0.25, 0.3) is 16.5 Å². The molecule has 4 aromatic heterocycles. The van der Waals surface area contributed by atoms with E-state index in [-0.39, 0.29) is 22.8 Å². The third-order valence-corrected chi connectivity index (χ3v) is 6.11. The molecule has 33 heavy (non-hydrogen) atoms. The molecular formula is C23H18ClFN6O2. The average Bonchev–Trinajstić information content (AvgIpc) is 3.23. The summed E-state index contributed by atoms with van der Waals surface area (Å²) in [6.07, 6.45) is 7.09. The van der Waals surface area contributed by atoms with Crippen LogP contribution in [-0.4, -0.2) is 30.3 Å². The van der Waals surface area contributed by atoms with Crippen molar-refractivity contribution in [2.45, 2.75) is 31.8 Å². The molecule has 4 heterocycles. The topological polar surface area (TPSA) is 90.2 Å². The normalized spacial score (nSPS) is 13.8. The zero-order valence-electron chi connectivity index (χ0n) is 17.3. The number of hydrogen-bond donors (Lipinski definition) is 1. The van der Waals surface area contributed by atoms with Crippen LogP contribution in [-0.2, 0) is 13.1 Å². The Morgan fingerprint density at radius 2 is 2.15 bits per heavy atom. The zero-order valence-corrected chi connectivity index (χ0v) is 18.1. The molecule has 0 radical (unpaired) electrons. The first-order chi connectivity index (χ1) is 16.0. The number of halogens is 2. The van der Waals surface area contributed by atoms with Gasteiger partial charge in [-0.15, -0.1) is 5.10 Å². The Labute approximate surface area is 192 Å². The molecule has 1 amide bonds. The molecule has 8 nitrogen and oxygen atoms in total. The lowest BCUT2D eigenvalue weighted by Gasteiger charge is -2.03. The molecule has 5 aromatic rings. The van der Waals surface area contributed by atoms with Gasteiger partial charge in [-0.3, -0.25) is 4.79 Å². The molecule has 0 saturated heterocycles. The van der Waals surface area contributed by atoms with Crippen LogP contribution in [0, 0.1) is 5.82 Å². The van der Waals surface area contributed by atoms with E-state index >= 15 is 0 Å². The van der Waals surface area contributed by atoms with E-state index in [1.54, 1.807) is 17.1 Å². The van der Waals surface area contributed by atoms with Crippen molar-refractivity contribution >= 4 is 34.0 Å². The van der Waals surface area contributed by atoms with E-state index in [1.807, 2.05) is 6.07 Å². The maximum absolute atomic E-state index is 14.4. The number of nitrogens with one attached hydrogen (secondary N) is 1. The van der Waals surface area contributed by atoms with Crippen LogP contribution in [0.1, 0.15) is 46.3 Å². The molecule has 1 aliphatic carbocycles. The number of imidazole rings is 1. The second kappa shape index (κ2) is 7.70. The van der Waals surface area contributed by atoms with E-state index in [4.69, 9.17) is 16.0 Å². The first-order valence-corrected chi connectivity index (χ1v) is 10.9. The van der Waals surface area contributed by atoms with Gasteiger partial charge in [0.05, 0.1) is 29.8 Å². The number of fused-ring (bicyclic) bond motifs is 2. The van der Waals surface area contributed by atoms with E-state index in [0.29, 0.717) is 18.2 Å². The van der Waals surface area contributed by atoms with E-state index in [2.05, 4.69) is 38.8 Å². The van der Waals surface area contributed by atoms with E-state index in [9.17, 15) is 9.18 Å². The van der Waals surface area contributed by atoms with Crippen LogP contribution in [0.15, 0.2) is 53.5 Å². The molecule has 166 valence electrons. The maximum atomic E-state index is 14.4. The summed E-state index contributed by atoms with van der Waals surface area (Å²) in [5.74, 6) is 0.366. The van der Waals surface area contributed by atoms with Gasteiger partial charge in [-0.1, -0.05) is 28.9 Å². The van der Waals surface area contributed by atoms with Gasteiger partial charge in [0.1, 0.15) is 23.4 Å². The first kappa shape index (κ1) is 19.9. The summed E-state index contributed by atoms with van der Waals surface area (Å²) < 4.78 is 23.4. The number of nitrogens with zero attached hydrogens (tertiary/aromatic N) is 5. The Kier molecular flexibility index (Phi) is 4.65. The van der Waals surface area contributed by atoms with Crippen molar-refractivity contribution in [3.8, 4) is 0 Å². The summed E-state index contributed by atoms with van der Waals surface area (Å²) >= 11 is 5.86. The molecule has 6 rings (SSSR count). The molecule has 0 unspecified atom stereocenters. The molecule has 1 N–H and O–H groups in total. The lowest BCUT2D eigenvalue weighted by molar-refractivity contribution is 0.0945. The highest BCUT2D eigenvalue weighted by molar-refractivity contribution is 6.31. The van der Waals surface area contributed by atoms with Crippen LogP contribution < -0.4 is 5.32 Å². The molecule has 0 aliphatic heterocycles. The van der Waals surface area contributed by atoms with Crippen molar-refractivity contribution < 1.29 is 13.6 Å². The Hall–Kier alpha value is -3.72. The highest BCUT2D eigenvalue weighted by Crippen LogP contribution is 2.41. The van der Waals surface area contributed by atoms with Crippen molar-refractivity contribution in [2.24, 2.45) is 0 Å². The van der Waals surface area contributed by atoms with Gasteiger partial charge >= 0.3 is 0 Å². The molecular weight excluding hydrogens is 447 g/mol. The number of amides is 1. The lowest BCUT2D eigenvalue weighted by atomic mass is 10.1. The quantitative estimate of drug-likeness (QED) is 0.404. The molecule has 0 bridgehead atoms. The second-order valence-electron chi connectivity index (χ2n) is 8.19. The lowest BCUT2D eigenvalue weighted by Crippen LogP contribution is -2.23. The number of furan rings is 1. The van der Waals surface area contributed by atoms with Crippen molar-refractivity contribution in [2.75, 3.05) is 0 Å². The van der Waals surface area contributed by atoms with E-state index < -0.39 is 11.7 Å². The molecule has 0 atom stereocenters. The highest BCUT2D eigenvalue weighted by Gasteiger charge is 2.24. The fourth-order valence-corrected chi connectivity index (χ4v) is 4.11. The summed E-state index contributed by atoms with van der Waals surface area (Å²) in [6.45, 7) is 0.371. The number of rotatable bonds is 6. The first-order valence-electron chi connectivity index (χ1n) is 10.6. The standard InChI is InChI=1S/C23H18ClFN6O2/c24-17-5-6-30-12-27-18(22(30)21(17)25)9-26-23(32)19-11-31(29-28-19)10-16-7-15-4-3-14(13-1-2-13)8-20(15)33-16/h3-8,11-13H,1-2,9-10H2,(H,26,32). The average molecular weight is 465 g/mol. The van der Waals surface area contributed by atoms with Crippen molar-refractivity contribution in [1.82, 2.24) is 29.7 Å². The third-order valence-electron chi connectivity index (χ3n) is 5.82. The predicted octanol–water partition coefficient (Wildman–Crippen LogP) is 4.32. The van der Waals surface area contributed by atoms with Gasteiger partial charge in [-0.05, 0) is 42.5 Å². The van der Waals surface area contributed by atoms with Crippen LogP contribution in [0.2, 0.25) is 5.02 Å². The van der Waals surface area contributed by atoms with Gasteiger partial charge in [0, 0.05) is 11.6 Å². The molecule has 1 saturated carbocycles. The smallest absolute Gasteiger partial charge is 0.273 e. The van der Waals surface area contributed by atoms with E-state index in [0.717, 1.165) is 16.7 Å². The maximum Gasteiger partial charge on any atom is 0.273 e. The van der Waals surface area contributed by atoms with Gasteiger partial charge < -0.3 is 14.1 Å². The number of aromatic nitrogens is 5. The Bertz CT molecular complexity index is 1520. The number of hydrogen-bond acceptors (Lipinski definition) is 5. The molecule has 0 spiro atoms. The Morgan fingerprint density at radius 1 is 1.27 bits per heavy atom. The fraction of sp³-hybridized carbons (Fsp3) is 0.217. The zero-order chi connectivity index (χ0) is 22.5. The fourth-order valence-electron chi connectivity index (χ4n) is 3.96. The Morgan fingerprint density at radius 3 is 3.00 bits per heavy atom. The van der Waals surface area contributed by atoms with Crippen LogP contribution in [0.5, 0.6) is 0 Å². The third kappa shape index (κ3) is 3.74.